The van der Waals surface area contributed by atoms with Gasteiger partial charge in [-0.15, -0.1) is 0 Å². The quantitative estimate of drug-likeness (QED) is 0.898. The molecule has 6 heteroatoms. The third-order valence-corrected chi connectivity index (χ3v) is 5.93. The van der Waals surface area contributed by atoms with Gasteiger partial charge in [-0.1, -0.05) is 12.1 Å². The van der Waals surface area contributed by atoms with E-state index in [1.54, 1.807) is 22.5 Å². The molecule has 0 amide bonds. The molecule has 1 heterocycles. The lowest BCUT2D eigenvalue weighted by molar-refractivity contribution is 0.105. The summed E-state index contributed by atoms with van der Waals surface area (Å²) in [6.07, 6.45) is 0. The molecule has 1 saturated heterocycles. The summed E-state index contributed by atoms with van der Waals surface area (Å²) in [4.78, 5) is 2.55. The van der Waals surface area contributed by atoms with Crippen LogP contribution in [-0.4, -0.2) is 49.8 Å². The summed E-state index contributed by atoms with van der Waals surface area (Å²) in [5, 5.41) is 0. The van der Waals surface area contributed by atoms with Crippen LogP contribution in [-0.2, 0) is 16.6 Å². The van der Waals surface area contributed by atoms with Gasteiger partial charge in [0.1, 0.15) is 0 Å². The van der Waals surface area contributed by atoms with Crippen molar-refractivity contribution >= 4 is 10.0 Å². The summed E-state index contributed by atoms with van der Waals surface area (Å²) in [6.45, 7) is 5.49. The molecule has 112 valence electrons. The van der Waals surface area contributed by atoms with Gasteiger partial charge in [0.15, 0.2) is 0 Å². The Kier molecular flexibility index (Phi) is 4.49. The summed E-state index contributed by atoms with van der Waals surface area (Å²) >= 11 is 0. The van der Waals surface area contributed by atoms with Crippen LogP contribution in [0.2, 0.25) is 0 Å². The maximum atomic E-state index is 12.7. The predicted molar refractivity (Wildman–Crippen MR) is 79.8 cm³/mol. The first-order chi connectivity index (χ1) is 9.36. The van der Waals surface area contributed by atoms with E-state index in [4.69, 9.17) is 5.73 Å². The lowest BCUT2D eigenvalue weighted by Gasteiger charge is -2.41. The van der Waals surface area contributed by atoms with Gasteiger partial charge in [-0.2, -0.15) is 4.31 Å². The molecule has 0 saturated carbocycles. The van der Waals surface area contributed by atoms with Gasteiger partial charge in [0.25, 0.3) is 0 Å². The predicted octanol–water partition coefficient (Wildman–Crippen LogP) is 0.858. The fraction of sp³-hybridized carbons (Fsp3) is 0.571. The Bertz CT molecular complexity index is 562. The van der Waals surface area contributed by atoms with Gasteiger partial charge >= 0.3 is 0 Å². The van der Waals surface area contributed by atoms with E-state index in [9.17, 15) is 8.42 Å². The molecule has 0 bridgehead atoms. The number of hydrogen-bond donors (Lipinski definition) is 1. The molecule has 1 aromatic rings. The lowest BCUT2D eigenvalue weighted by atomic mass is 10.1. The fourth-order valence-electron chi connectivity index (χ4n) is 2.53. The highest BCUT2D eigenvalue weighted by Gasteiger charge is 2.34. The Morgan fingerprint density at radius 2 is 1.85 bits per heavy atom. The number of piperazine rings is 1. The van der Waals surface area contributed by atoms with E-state index in [-0.39, 0.29) is 12.1 Å². The first-order valence-corrected chi connectivity index (χ1v) is 8.31. The molecule has 0 spiro atoms. The standard InChI is InChI=1S/C14H23N3O2S/c1-11-9-17(10-12(2)16(11)3)20(18,19)14-6-4-5-13(7-14)8-15/h4-7,11-12H,8-10,15H2,1-3H3. The SMILES string of the molecule is CC1CN(S(=O)(=O)c2cccc(CN)c2)CC(C)N1C. The number of sulfonamides is 1. The van der Waals surface area contributed by atoms with Crippen LogP contribution in [0, 0.1) is 0 Å². The average Bonchev–Trinajstić information content (AvgIpc) is 2.44. The molecule has 2 atom stereocenters. The van der Waals surface area contributed by atoms with Crippen molar-refractivity contribution in [2.45, 2.75) is 37.4 Å². The van der Waals surface area contributed by atoms with Crippen molar-refractivity contribution in [3.05, 3.63) is 29.8 Å². The average molecular weight is 297 g/mol. The van der Waals surface area contributed by atoms with E-state index in [0.29, 0.717) is 24.5 Å². The highest BCUT2D eigenvalue weighted by Crippen LogP contribution is 2.22. The second kappa shape index (κ2) is 5.81. The molecule has 2 N–H and O–H groups in total. The lowest BCUT2D eigenvalue weighted by Crippen LogP contribution is -2.56. The van der Waals surface area contributed by atoms with Crippen LogP contribution in [0.1, 0.15) is 19.4 Å². The largest absolute Gasteiger partial charge is 0.326 e. The second-order valence-electron chi connectivity index (χ2n) is 5.54. The minimum Gasteiger partial charge on any atom is -0.326 e. The summed E-state index contributed by atoms with van der Waals surface area (Å²) in [5.74, 6) is 0. The zero-order chi connectivity index (χ0) is 14.9. The minimum atomic E-state index is -3.43. The molecule has 0 radical (unpaired) electrons. The molecule has 1 aliphatic rings. The van der Waals surface area contributed by atoms with Crippen LogP contribution >= 0.6 is 0 Å². The van der Waals surface area contributed by atoms with Crippen LogP contribution in [0.25, 0.3) is 0 Å². The Morgan fingerprint density at radius 1 is 1.25 bits per heavy atom. The van der Waals surface area contributed by atoms with Crippen LogP contribution in [0.4, 0.5) is 0 Å². The smallest absolute Gasteiger partial charge is 0.243 e. The number of nitrogens with two attached hydrogens (primary N) is 1. The van der Waals surface area contributed by atoms with Gasteiger partial charge in [-0.3, -0.25) is 4.90 Å². The first-order valence-electron chi connectivity index (χ1n) is 6.87. The van der Waals surface area contributed by atoms with Gasteiger partial charge in [0, 0.05) is 31.7 Å². The topological polar surface area (TPSA) is 66.6 Å². The molecule has 2 unspecified atom stereocenters. The van der Waals surface area contributed by atoms with Gasteiger partial charge in [0.05, 0.1) is 4.90 Å². The number of rotatable bonds is 3. The Morgan fingerprint density at radius 3 is 2.40 bits per heavy atom. The van der Waals surface area contributed by atoms with E-state index < -0.39 is 10.0 Å². The van der Waals surface area contributed by atoms with Crippen molar-refractivity contribution in [3.63, 3.8) is 0 Å². The van der Waals surface area contributed by atoms with E-state index in [2.05, 4.69) is 18.7 Å². The third-order valence-electron chi connectivity index (χ3n) is 4.10. The van der Waals surface area contributed by atoms with Gasteiger partial charge in [0.2, 0.25) is 10.0 Å². The molecule has 0 aliphatic carbocycles. The van der Waals surface area contributed by atoms with Crippen molar-refractivity contribution in [1.29, 1.82) is 0 Å². The van der Waals surface area contributed by atoms with Crippen LogP contribution in [0.5, 0.6) is 0 Å². The van der Waals surface area contributed by atoms with E-state index >= 15 is 0 Å². The van der Waals surface area contributed by atoms with Crippen molar-refractivity contribution in [3.8, 4) is 0 Å². The second-order valence-corrected chi connectivity index (χ2v) is 7.47. The van der Waals surface area contributed by atoms with Gasteiger partial charge in [-0.05, 0) is 38.6 Å². The molecular formula is C14H23N3O2S. The van der Waals surface area contributed by atoms with Crippen LogP contribution < -0.4 is 5.73 Å². The maximum Gasteiger partial charge on any atom is 0.243 e. The Balaban J connectivity index is 2.30. The molecular weight excluding hydrogens is 274 g/mol. The maximum absolute atomic E-state index is 12.7. The molecule has 0 aromatic heterocycles. The van der Waals surface area contributed by atoms with Gasteiger partial charge < -0.3 is 5.73 Å². The molecule has 2 rings (SSSR count). The van der Waals surface area contributed by atoms with Crippen molar-refractivity contribution < 1.29 is 8.42 Å². The third kappa shape index (κ3) is 2.88. The molecule has 1 fully saturated rings. The molecule has 1 aliphatic heterocycles. The summed E-state index contributed by atoms with van der Waals surface area (Å²) < 4.78 is 27.0. The summed E-state index contributed by atoms with van der Waals surface area (Å²) in [7, 11) is -1.40. The zero-order valence-electron chi connectivity index (χ0n) is 12.3. The summed E-state index contributed by atoms with van der Waals surface area (Å²) in [6, 6.07) is 7.33. The number of likely N-dealkylation sites (N-methyl/N-ethyl adjacent to an activating group) is 1. The van der Waals surface area contributed by atoms with E-state index in [0.717, 1.165) is 5.56 Å². The number of benzene rings is 1. The Hall–Kier alpha value is -0.950. The van der Waals surface area contributed by atoms with Gasteiger partial charge in [-0.25, -0.2) is 8.42 Å². The number of hydrogen-bond acceptors (Lipinski definition) is 4. The van der Waals surface area contributed by atoms with Crippen molar-refractivity contribution in [2.24, 2.45) is 5.73 Å². The van der Waals surface area contributed by atoms with Crippen LogP contribution in [0.3, 0.4) is 0 Å². The molecule has 1 aromatic carbocycles. The van der Waals surface area contributed by atoms with E-state index in [1.807, 2.05) is 13.1 Å². The molecule has 5 nitrogen and oxygen atoms in total. The number of nitrogens with zero attached hydrogens (tertiary/aromatic N) is 2. The summed E-state index contributed by atoms with van der Waals surface area (Å²) in [5.41, 5.74) is 6.42. The Labute approximate surface area is 121 Å². The zero-order valence-corrected chi connectivity index (χ0v) is 13.1. The fourth-order valence-corrected chi connectivity index (χ4v) is 4.21. The minimum absolute atomic E-state index is 0.214. The first kappa shape index (κ1) is 15.4. The monoisotopic (exact) mass is 297 g/mol. The van der Waals surface area contributed by atoms with Crippen LogP contribution in [0.15, 0.2) is 29.2 Å². The highest BCUT2D eigenvalue weighted by atomic mass is 32.2. The van der Waals surface area contributed by atoms with Crippen molar-refractivity contribution in [1.82, 2.24) is 9.21 Å². The normalized spacial score (nSPS) is 25.8. The molecule has 20 heavy (non-hydrogen) atoms. The van der Waals surface area contributed by atoms with Crippen molar-refractivity contribution in [2.75, 3.05) is 20.1 Å². The van der Waals surface area contributed by atoms with E-state index in [1.165, 1.54) is 0 Å². The highest BCUT2D eigenvalue weighted by molar-refractivity contribution is 7.89.